The maximum Gasteiger partial charge on any atom is 0.265 e. The van der Waals surface area contributed by atoms with Gasteiger partial charge in [-0.1, -0.05) is 54.6 Å². The van der Waals surface area contributed by atoms with Crippen molar-refractivity contribution in [3.63, 3.8) is 0 Å². The van der Waals surface area contributed by atoms with Gasteiger partial charge in [-0.3, -0.25) is 9.69 Å². The summed E-state index contributed by atoms with van der Waals surface area (Å²) in [6, 6.07) is 18.6. The van der Waals surface area contributed by atoms with Gasteiger partial charge in [0.1, 0.15) is 9.88 Å². The average molecular weight is 420 g/mol. The molecule has 2 aromatic carbocycles. The number of amides is 1. The van der Waals surface area contributed by atoms with Crippen molar-refractivity contribution in [2.45, 2.75) is 31.5 Å². The first-order valence-electron chi connectivity index (χ1n) is 10.5. The van der Waals surface area contributed by atoms with Gasteiger partial charge in [-0.25, -0.2) is 4.98 Å². The van der Waals surface area contributed by atoms with Gasteiger partial charge in [-0.05, 0) is 24.0 Å². The van der Waals surface area contributed by atoms with Gasteiger partial charge in [0.05, 0.1) is 12.3 Å². The van der Waals surface area contributed by atoms with Gasteiger partial charge in [-0.2, -0.15) is 0 Å². The molecule has 0 bridgehead atoms. The number of aromatic nitrogens is 1. The molecule has 30 heavy (non-hydrogen) atoms. The van der Waals surface area contributed by atoms with Gasteiger partial charge in [0, 0.05) is 37.8 Å². The molecule has 3 aromatic rings. The standard InChI is InChI=1S/C24H25N3O2S/c28-21-16-27(24(29)22-14-25-23(30-22)18-7-2-1-3-8-18)13-11-20(21)26-12-10-17-6-4-5-9-19(17)15-26/h1-9,14,20-21,28H,10-13,15-16H2/t20-,21-/m1/s1. The fraction of sp³-hybridized carbons (Fsp3) is 0.333. The van der Waals surface area contributed by atoms with Crippen LogP contribution in [0.3, 0.4) is 0 Å². The van der Waals surface area contributed by atoms with Crippen molar-refractivity contribution in [3.8, 4) is 10.6 Å². The van der Waals surface area contributed by atoms with Crippen LogP contribution in [-0.4, -0.2) is 57.6 Å². The van der Waals surface area contributed by atoms with E-state index in [2.05, 4.69) is 34.1 Å². The van der Waals surface area contributed by atoms with Crippen molar-refractivity contribution < 1.29 is 9.90 Å². The Kier molecular flexibility index (Phi) is 5.37. The molecule has 5 rings (SSSR count). The van der Waals surface area contributed by atoms with E-state index < -0.39 is 6.10 Å². The Morgan fingerprint density at radius 2 is 1.80 bits per heavy atom. The molecule has 1 amide bonds. The van der Waals surface area contributed by atoms with Crippen molar-refractivity contribution in [3.05, 3.63) is 76.8 Å². The highest BCUT2D eigenvalue weighted by Crippen LogP contribution is 2.28. The molecule has 3 heterocycles. The van der Waals surface area contributed by atoms with Gasteiger partial charge in [0.2, 0.25) is 0 Å². The van der Waals surface area contributed by atoms with Crippen LogP contribution >= 0.6 is 11.3 Å². The normalized spacial score (nSPS) is 22.0. The van der Waals surface area contributed by atoms with Gasteiger partial charge < -0.3 is 10.0 Å². The van der Waals surface area contributed by atoms with E-state index in [-0.39, 0.29) is 11.9 Å². The van der Waals surface area contributed by atoms with E-state index in [9.17, 15) is 9.90 Å². The zero-order chi connectivity index (χ0) is 20.5. The number of nitrogens with zero attached hydrogens (tertiary/aromatic N) is 3. The van der Waals surface area contributed by atoms with E-state index in [1.165, 1.54) is 22.5 Å². The summed E-state index contributed by atoms with van der Waals surface area (Å²) in [7, 11) is 0. The number of benzene rings is 2. The van der Waals surface area contributed by atoms with Gasteiger partial charge >= 0.3 is 0 Å². The third-order valence-electron chi connectivity index (χ3n) is 6.20. The molecule has 1 aromatic heterocycles. The summed E-state index contributed by atoms with van der Waals surface area (Å²) in [4.78, 5) is 22.2. The lowest BCUT2D eigenvalue weighted by Gasteiger charge is -2.43. The Labute approximate surface area is 180 Å². The molecule has 0 saturated carbocycles. The Morgan fingerprint density at radius 1 is 1.03 bits per heavy atom. The van der Waals surface area contributed by atoms with Crippen LogP contribution in [-0.2, 0) is 13.0 Å². The summed E-state index contributed by atoms with van der Waals surface area (Å²) >= 11 is 1.42. The lowest BCUT2D eigenvalue weighted by Crippen LogP contribution is -2.56. The second kappa shape index (κ2) is 8.30. The number of rotatable bonds is 3. The topological polar surface area (TPSA) is 56.7 Å². The second-order valence-electron chi connectivity index (χ2n) is 8.06. The summed E-state index contributed by atoms with van der Waals surface area (Å²) in [5.41, 5.74) is 3.79. The Bertz CT molecular complexity index is 1040. The van der Waals surface area contributed by atoms with Gasteiger partial charge in [0.15, 0.2) is 0 Å². The number of β-amino-alcohol motifs (C(OH)–C–C–N with tert-alkyl or cyclic N) is 1. The Morgan fingerprint density at radius 3 is 2.60 bits per heavy atom. The van der Waals surface area contributed by atoms with E-state index in [1.807, 2.05) is 30.3 Å². The summed E-state index contributed by atoms with van der Waals surface area (Å²) in [5, 5.41) is 11.7. The number of aliphatic hydroxyl groups is 1. The molecule has 0 aliphatic carbocycles. The maximum atomic E-state index is 13.0. The fourth-order valence-corrected chi connectivity index (χ4v) is 5.46. The zero-order valence-electron chi connectivity index (χ0n) is 16.8. The summed E-state index contributed by atoms with van der Waals surface area (Å²) in [6.45, 7) is 2.88. The first-order valence-corrected chi connectivity index (χ1v) is 11.3. The number of aliphatic hydroxyl groups excluding tert-OH is 1. The highest BCUT2D eigenvalue weighted by molar-refractivity contribution is 7.16. The zero-order valence-corrected chi connectivity index (χ0v) is 17.6. The van der Waals surface area contributed by atoms with Crippen molar-refractivity contribution in [2.75, 3.05) is 19.6 Å². The highest BCUT2D eigenvalue weighted by atomic mass is 32.1. The number of carbonyl (C=O) groups excluding carboxylic acids is 1. The minimum absolute atomic E-state index is 0.0313. The third-order valence-corrected chi connectivity index (χ3v) is 7.23. The molecule has 154 valence electrons. The fourth-order valence-electron chi connectivity index (χ4n) is 4.57. The minimum atomic E-state index is -0.533. The van der Waals surface area contributed by atoms with Crippen molar-refractivity contribution in [2.24, 2.45) is 0 Å². The lowest BCUT2D eigenvalue weighted by atomic mass is 9.94. The van der Waals surface area contributed by atoms with Crippen LogP contribution < -0.4 is 0 Å². The molecular weight excluding hydrogens is 394 g/mol. The van der Waals surface area contributed by atoms with Gasteiger partial charge in [-0.15, -0.1) is 11.3 Å². The molecule has 2 aliphatic heterocycles. The van der Waals surface area contributed by atoms with E-state index >= 15 is 0 Å². The Balaban J connectivity index is 1.24. The van der Waals surface area contributed by atoms with Crippen LogP contribution in [0, 0.1) is 0 Å². The molecule has 1 N–H and O–H groups in total. The first kappa shape index (κ1) is 19.4. The smallest absolute Gasteiger partial charge is 0.265 e. The molecule has 0 unspecified atom stereocenters. The van der Waals surface area contributed by atoms with Crippen molar-refractivity contribution >= 4 is 17.2 Å². The average Bonchev–Trinajstić information content (AvgIpc) is 3.29. The Hall–Kier alpha value is -2.54. The molecule has 2 aliphatic rings. The number of fused-ring (bicyclic) bond motifs is 1. The summed E-state index contributed by atoms with van der Waals surface area (Å²) in [6.07, 6.45) is 2.94. The van der Waals surface area contributed by atoms with Crippen molar-refractivity contribution in [1.29, 1.82) is 0 Å². The molecule has 2 atom stereocenters. The van der Waals surface area contributed by atoms with E-state index in [4.69, 9.17) is 0 Å². The quantitative estimate of drug-likeness (QED) is 0.707. The largest absolute Gasteiger partial charge is 0.390 e. The van der Waals surface area contributed by atoms with Crippen LogP contribution in [0.25, 0.3) is 10.6 Å². The number of piperidine rings is 1. The minimum Gasteiger partial charge on any atom is -0.390 e. The van der Waals surface area contributed by atoms with E-state index in [1.54, 1.807) is 11.1 Å². The summed E-state index contributed by atoms with van der Waals surface area (Å²) in [5.74, 6) is -0.0313. The van der Waals surface area contributed by atoms with Crippen LogP contribution in [0.2, 0.25) is 0 Å². The predicted molar refractivity (Wildman–Crippen MR) is 118 cm³/mol. The highest BCUT2D eigenvalue weighted by Gasteiger charge is 2.35. The number of hydrogen-bond acceptors (Lipinski definition) is 5. The lowest BCUT2D eigenvalue weighted by molar-refractivity contribution is -0.0136. The molecule has 1 saturated heterocycles. The third kappa shape index (κ3) is 3.78. The molecule has 6 heteroatoms. The van der Waals surface area contributed by atoms with Crippen LogP contribution in [0.15, 0.2) is 60.8 Å². The van der Waals surface area contributed by atoms with Crippen LogP contribution in [0.1, 0.15) is 27.2 Å². The molecule has 1 fully saturated rings. The number of carbonyl (C=O) groups is 1. The van der Waals surface area contributed by atoms with Crippen LogP contribution in [0.5, 0.6) is 0 Å². The van der Waals surface area contributed by atoms with Crippen LogP contribution in [0.4, 0.5) is 0 Å². The SMILES string of the molecule is O=C(c1cnc(-c2ccccc2)s1)N1CC[C@@H](N2CCc3ccccc3C2)[C@H](O)C1. The van der Waals surface area contributed by atoms with E-state index in [0.717, 1.165) is 36.5 Å². The first-order chi connectivity index (χ1) is 14.7. The summed E-state index contributed by atoms with van der Waals surface area (Å²) < 4.78 is 0. The predicted octanol–water partition coefficient (Wildman–Crippen LogP) is 3.44. The number of thiazole rings is 1. The van der Waals surface area contributed by atoms with Gasteiger partial charge in [0.25, 0.3) is 5.91 Å². The maximum absolute atomic E-state index is 13.0. The molecule has 5 nitrogen and oxygen atoms in total. The molecular formula is C24H25N3O2S. The van der Waals surface area contributed by atoms with Crippen molar-refractivity contribution in [1.82, 2.24) is 14.8 Å². The molecule has 0 spiro atoms. The molecule has 0 radical (unpaired) electrons. The number of likely N-dealkylation sites (tertiary alicyclic amines) is 1. The monoisotopic (exact) mass is 419 g/mol. The number of hydrogen-bond donors (Lipinski definition) is 1. The second-order valence-corrected chi connectivity index (χ2v) is 9.09. The van der Waals surface area contributed by atoms with E-state index in [0.29, 0.717) is 18.0 Å².